The number of benzene rings is 1. The lowest BCUT2D eigenvalue weighted by atomic mass is 10.1. The second-order valence-electron chi connectivity index (χ2n) is 6.83. The minimum absolute atomic E-state index is 0.0304. The van der Waals surface area contributed by atoms with Crippen LogP contribution in [0.15, 0.2) is 24.3 Å². The zero-order chi connectivity index (χ0) is 22.4. The van der Waals surface area contributed by atoms with E-state index in [9.17, 15) is 19.7 Å². The summed E-state index contributed by atoms with van der Waals surface area (Å²) in [7, 11) is 1.61. The molecule has 0 radical (unpaired) electrons. The van der Waals surface area contributed by atoms with Gasteiger partial charge in [-0.15, -0.1) is 0 Å². The van der Waals surface area contributed by atoms with Gasteiger partial charge in [-0.1, -0.05) is 0 Å². The first kappa shape index (κ1) is 23.1. The van der Waals surface area contributed by atoms with Crippen molar-refractivity contribution in [2.45, 2.75) is 33.7 Å². The summed E-state index contributed by atoms with van der Waals surface area (Å²) in [4.78, 5) is 35.5. The Labute approximate surface area is 174 Å². The monoisotopic (exact) mass is 418 g/mol. The van der Waals surface area contributed by atoms with Crippen molar-refractivity contribution in [3.8, 4) is 5.75 Å². The van der Waals surface area contributed by atoms with E-state index in [1.807, 2.05) is 25.3 Å². The third kappa shape index (κ3) is 5.04. The van der Waals surface area contributed by atoms with Gasteiger partial charge in [0.2, 0.25) is 5.78 Å². The van der Waals surface area contributed by atoms with Gasteiger partial charge in [0.15, 0.2) is 12.4 Å². The molecule has 0 saturated heterocycles. The topological polar surface area (TPSA) is 110 Å². The molecule has 0 spiro atoms. The van der Waals surface area contributed by atoms with Crippen LogP contribution in [0.5, 0.6) is 5.75 Å². The molecule has 0 aliphatic rings. The lowest BCUT2D eigenvalue weighted by Gasteiger charge is -2.17. The summed E-state index contributed by atoms with van der Waals surface area (Å²) in [6.07, 6.45) is 0. The van der Waals surface area contributed by atoms with Crippen LogP contribution < -0.4 is 4.74 Å². The Balaban J connectivity index is 2.13. The molecule has 1 heterocycles. The number of nitro benzene ring substituents is 1. The zero-order valence-electron chi connectivity index (χ0n) is 17.8. The van der Waals surface area contributed by atoms with Crippen molar-refractivity contribution in [2.24, 2.45) is 0 Å². The molecule has 9 heteroatoms. The van der Waals surface area contributed by atoms with E-state index in [2.05, 4.69) is 0 Å². The van der Waals surface area contributed by atoms with Crippen molar-refractivity contribution in [2.75, 3.05) is 26.9 Å². The van der Waals surface area contributed by atoms with Crippen LogP contribution in [-0.4, -0.2) is 48.2 Å². The maximum Gasteiger partial charge on any atom is 0.338 e. The summed E-state index contributed by atoms with van der Waals surface area (Å²) < 4.78 is 17.5. The highest BCUT2D eigenvalue weighted by atomic mass is 16.6. The number of nitrogens with zero attached hydrogens (tertiary/aromatic N) is 2. The molecule has 0 aliphatic carbocycles. The fourth-order valence-corrected chi connectivity index (χ4v) is 3.41. The van der Waals surface area contributed by atoms with Crippen LogP contribution >= 0.6 is 0 Å². The van der Waals surface area contributed by atoms with Gasteiger partial charge in [-0.3, -0.25) is 14.9 Å². The van der Waals surface area contributed by atoms with E-state index in [0.717, 1.165) is 17.5 Å². The summed E-state index contributed by atoms with van der Waals surface area (Å²) >= 11 is 0. The van der Waals surface area contributed by atoms with Crippen LogP contribution in [0.25, 0.3) is 0 Å². The molecule has 0 aliphatic heterocycles. The number of aryl methyl sites for hydroxylation is 1. The molecule has 0 N–H and O–H groups in total. The van der Waals surface area contributed by atoms with E-state index in [1.54, 1.807) is 20.1 Å². The Morgan fingerprint density at radius 1 is 1.23 bits per heavy atom. The normalized spacial score (nSPS) is 11.8. The van der Waals surface area contributed by atoms with E-state index in [-0.39, 0.29) is 35.4 Å². The minimum Gasteiger partial charge on any atom is -0.487 e. The number of carbonyl (C=O) groups is 2. The third-order valence-corrected chi connectivity index (χ3v) is 4.66. The van der Waals surface area contributed by atoms with Crippen molar-refractivity contribution in [3.05, 3.63) is 56.9 Å². The molecule has 1 aromatic carbocycles. The summed E-state index contributed by atoms with van der Waals surface area (Å²) in [5, 5.41) is 11.2. The van der Waals surface area contributed by atoms with Crippen LogP contribution in [0.2, 0.25) is 0 Å². The maximum atomic E-state index is 12.6. The number of aromatic nitrogens is 1. The van der Waals surface area contributed by atoms with Crippen LogP contribution in [0, 0.1) is 24.0 Å². The number of esters is 1. The number of hydrogen-bond donors (Lipinski definition) is 0. The molecule has 9 nitrogen and oxygen atoms in total. The van der Waals surface area contributed by atoms with Gasteiger partial charge < -0.3 is 18.8 Å². The van der Waals surface area contributed by atoms with Crippen LogP contribution in [0.3, 0.4) is 0 Å². The lowest BCUT2D eigenvalue weighted by molar-refractivity contribution is -0.385. The SMILES string of the molecule is CCOc1ccc(C(=O)OCC(=O)c2cc(C)n([C@H](C)COC)c2C)cc1[N+](=O)[O-]. The van der Waals surface area contributed by atoms with Crippen molar-refractivity contribution >= 4 is 17.4 Å². The number of carbonyl (C=O) groups excluding carboxylic acids is 2. The van der Waals surface area contributed by atoms with Crippen molar-refractivity contribution in [3.63, 3.8) is 0 Å². The third-order valence-electron chi connectivity index (χ3n) is 4.66. The number of ether oxygens (including phenoxy) is 3. The van der Waals surface area contributed by atoms with Gasteiger partial charge in [0.1, 0.15) is 0 Å². The molecule has 0 bridgehead atoms. The number of ketones is 1. The van der Waals surface area contributed by atoms with E-state index in [1.165, 1.54) is 12.1 Å². The second-order valence-corrected chi connectivity index (χ2v) is 6.83. The van der Waals surface area contributed by atoms with Gasteiger partial charge in [0, 0.05) is 30.1 Å². The average Bonchev–Trinajstić information content (AvgIpc) is 3.00. The number of Topliss-reactive ketones (excluding diaryl/α,β-unsaturated/α-hetero) is 1. The number of nitro groups is 1. The fourth-order valence-electron chi connectivity index (χ4n) is 3.41. The van der Waals surface area contributed by atoms with Gasteiger partial charge in [-0.2, -0.15) is 0 Å². The summed E-state index contributed by atoms with van der Waals surface area (Å²) in [5.74, 6) is -1.11. The highest BCUT2D eigenvalue weighted by molar-refractivity contribution is 6.00. The maximum absolute atomic E-state index is 12.6. The van der Waals surface area contributed by atoms with Crippen LogP contribution in [0.1, 0.15) is 52.0 Å². The summed E-state index contributed by atoms with van der Waals surface area (Å²) in [6, 6.07) is 5.58. The van der Waals surface area contributed by atoms with Gasteiger partial charge in [0.25, 0.3) is 0 Å². The second kappa shape index (κ2) is 10.0. The predicted molar refractivity (Wildman–Crippen MR) is 109 cm³/mol. The molecular weight excluding hydrogens is 392 g/mol. The van der Waals surface area contributed by atoms with E-state index in [4.69, 9.17) is 14.2 Å². The Bertz CT molecular complexity index is 949. The summed E-state index contributed by atoms with van der Waals surface area (Å²) in [6.45, 7) is 7.67. The first-order chi connectivity index (χ1) is 14.2. The molecule has 30 heavy (non-hydrogen) atoms. The Morgan fingerprint density at radius 3 is 2.53 bits per heavy atom. The smallest absolute Gasteiger partial charge is 0.338 e. The first-order valence-corrected chi connectivity index (χ1v) is 9.50. The molecule has 0 saturated carbocycles. The quantitative estimate of drug-likeness (QED) is 0.251. The molecular formula is C21H26N2O7. The Morgan fingerprint density at radius 2 is 1.93 bits per heavy atom. The molecule has 0 unspecified atom stereocenters. The Kier molecular flexibility index (Phi) is 7.71. The molecule has 2 rings (SSSR count). The van der Waals surface area contributed by atoms with E-state index >= 15 is 0 Å². The van der Waals surface area contributed by atoms with Crippen molar-refractivity contribution in [1.29, 1.82) is 0 Å². The predicted octanol–water partition coefficient (Wildman–Crippen LogP) is 3.66. The highest BCUT2D eigenvalue weighted by Crippen LogP contribution is 2.28. The Hall–Kier alpha value is -3.20. The highest BCUT2D eigenvalue weighted by Gasteiger charge is 2.22. The molecule has 162 valence electrons. The van der Waals surface area contributed by atoms with Crippen molar-refractivity contribution in [1.82, 2.24) is 4.57 Å². The standard InChI is InChI=1S/C21H26N2O7/c1-6-29-20-8-7-16(10-18(20)23(26)27)21(25)30-12-19(24)17-9-13(2)22(15(17)4)14(3)11-28-5/h7-10,14H,6,11-12H2,1-5H3/t14-/m1/s1. The lowest BCUT2D eigenvalue weighted by Crippen LogP contribution is -2.17. The van der Waals surface area contributed by atoms with Gasteiger partial charge in [-0.05, 0) is 45.9 Å². The zero-order valence-corrected chi connectivity index (χ0v) is 17.8. The summed E-state index contributed by atoms with van der Waals surface area (Å²) in [5.41, 5.74) is 1.75. The minimum atomic E-state index is -0.823. The fraction of sp³-hybridized carbons (Fsp3) is 0.429. The molecule has 1 atom stereocenters. The first-order valence-electron chi connectivity index (χ1n) is 9.50. The number of methoxy groups -OCH3 is 1. The van der Waals surface area contributed by atoms with Crippen LogP contribution in [0.4, 0.5) is 5.69 Å². The molecule has 2 aromatic rings. The number of hydrogen-bond acceptors (Lipinski definition) is 7. The molecule has 1 aromatic heterocycles. The average molecular weight is 418 g/mol. The van der Waals surface area contributed by atoms with Gasteiger partial charge >= 0.3 is 11.7 Å². The van der Waals surface area contributed by atoms with E-state index in [0.29, 0.717) is 12.2 Å². The largest absolute Gasteiger partial charge is 0.487 e. The van der Waals surface area contributed by atoms with Gasteiger partial charge in [-0.25, -0.2) is 4.79 Å². The van der Waals surface area contributed by atoms with Crippen molar-refractivity contribution < 1.29 is 28.7 Å². The van der Waals surface area contributed by atoms with E-state index < -0.39 is 17.5 Å². The van der Waals surface area contributed by atoms with Crippen LogP contribution in [-0.2, 0) is 9.47 Å². The molecule has 0 fully saturated rings. The molecule has 0 amide bonds. The number of rotatable bonds is 10. The van der Waals surface area contributed by atoms with Gasteiger partial charge in [0.05, 0.1) is 29.7 Å².